The summed E-state index contributed by atoms with van der Waals surface area (Å²) in [6.07, 6.45) is 7.99. The lowest BCUT2D eigenvalue weighted by atomic mass is 9.79. The number of amides is 1. The molecule has 3 heterocycles. The second kappa shape index (κ2) is 12.2. The quantitative estimate of drug-likeness (QED) is 0.544. The second-order valence-corrected chi connectivity index (χ2v) is 11.4. The van der Waals surface area contributed by atoms with Crippen molar-refractivity contribution in [1.29, 1.82) is 0 Å². The Morgan fingerprint density at radius 3 is 2.53 bits per heavy atom. The van der Waals surface area contributed by atoms with Gasteiger partial charge in [-0.2, -0.15) is 0 Å². The molecule has 194 valence electrons. The first kappa shape index (κ1) is 25.3. The number of likely N-dealkylation sites (tertiary alicyclic amines) is 1. The van der Waals surface area contributed by atoms with Gasteiger partial charge in [-0.25, -0.2) is 0 Å². The minimum absolute atomic E-state index is 0.262. The number of nitrogens with zero attached hydrogens (tertiary/aromatic N) is 3. The van der Waals surface area contributed by atoms with Crippen LogP contribution < -0.4 is 10.2 Å². The number of benzene rings is 2. The molecule has 36 heavy (non-hydrogen) atoms. The predicted molar refractivity (Wildman–Crippen MR) is 148 cm³/mol. The van der Waals surface area contributed by atoms with Crippen LogP contribution in [-0.4, -0.2) is 61.5 Å². The third-order valence-electron chi connectivity index (χ3n) is 8.54. The van der Waals surface area contributed by atoms with Crippen molar-refractivity contribution in [2.75, 3.05) is 44.7 Å². The number of hydrogen-bond donors (Lipinski definition) is 1. The summed E-state index contributed by atoms with van der Waals surface area (Å²) in [6, 6.07) is 20.3. The van der Waals surface area contributed by atoms with Crippen LogP contribution in [0.4, 0.5) is 5.69 Å². The van der Waals surface area contributed by atoms with Gasteiger partial charge in [0.15, 0.2) is 0 Å². The summed E-state index contributed by atoms with van der Waals surface area (Å²) in [5, 5.41) is 3.83. The van der Waals surface area contributed by atoms with E-state index in [0.717, 1.165) is 31.8 Å². The van der Waals surface area contributed by atoms with E-state index in [9.17, 15) is 4.79 Å². The Labute approximate surface area is 217 Å². The van der Waals surface area contributed by atoms with Crippen LogP contribution in [0.15, 0.2) is 54.6 Å². The summed E-state index contributed by atoms with van der Waals surface area (Å²) >= 11 is 0. The van der Waals surface area contributed by atoms with Crippen LogP contribution in [0, 0.1) is 11.8 Å². The molecule has 5 rings (SSSR count). The Morgan fingerprint density at radius 2 is 1.75 bits per heavy atom. The van der Waals surface area contributed by atoms with Crippen LogP contribution in [0.1, 0.15) is 56.1 Å². The largest absolute Gasteiger partial charge is 0.372 e. The summed E-state index contributed by atoms with van der Waals surface area (Å²) in [4.78, 5) is 19.9. The molecule has 0 aliphatic carbocycles. The van der Waals surface area contributed by atoms with Crippen LogP contribution in [0.2, 0.25) is 0 Å². The summed E-state index contributed by atoms with van der Waals surface area (Å²) in [7, 11) is 1.95. The number of carbonyl (C=O) groups is 1. The molecule has 0 aromatic heterocycles. The summed E-state index contributed by atoms with van der Waals surface area (Å²) in [6.45, 7) is 7.58. The number of fused-ring (bicyclic) bond motifs is 2. The zero-order valence-electron chi connectivity index (χ0n) is 22.1. The molecule has 1 N–H and O–H groups in total. The van der Waals surface area contributed by atoms with Gasteiger partial charge >= 0.3 is 0 Å². The fraction of sp³-hybridized carbons (Fsp3) is 0.581. The zero-order chi connectivity index (χ0) is 24.7. The maximum absolute atomic E-state index is 12.9. The topological polar surface area (TPSA) is 38.8 Å². The molecular formula is C31H44N4O. The van der Waals surface area contributed by atoms with E-state index in [0.29, 0.717) is 24.9 Å². The molecule has 3 fully saturated rings. The van der Waals surface area contributed by atoms with Crippen LogP contribution in [0.5, 0.6) is 0 Å². The summed E-state index contributed by atoms with van der Waals surface area (Å²) < 4.78 is 0. The Morgan fingerprint density at radius 1 is 0.972 bits per heavy atom. The molecule has 0 spiro atoms. The minimum Gasteiger partial charge on any atom is -0.372 e. The molecule has 2 aromatic rings. The van der Waals surface area contributed by atoms with Gasteiger partial charge in [-0.1, -0.05) is 42.5 Å². The monoisotopic (exact) mass is 488 g/mol. The molecule has 0 saturated carbocycles. The Balaban J connectivity index is 1.05. The first-order chi connectivity index (χ1) is 17.6. The van der Waals surface area contributed by atoms with Gasteiger partial charge in [0.1, 0.15) is 0 Å². The van der Waals surface area contributed by atoms with Crippen molar-refractivity contribution in [3.05, 3.63) is 65.7 Å². The number of nitrogens with one attached hydrogen (secondary N) is 1. The molecule has 0 radical (unpaired) electrons. The van der Waals surface area contributed by atoms with E-state index in [1.807, 2.05) is 11.9 Å². The molecule has 3 aliphatic rings. The number of anilines is 1. The lowest BCUT2D eigenvalue weighted by molar-refractivity contribution is -0.130. The first-order valence-corrected chi connectivity index (χ1v) is 14.2. The van der Waals surface area contributed by atoms with Crippen molar-refractivity contribution in [2.24, 2.45) is 11.8 Å². The van der Waals surface area contributed by atoms with E-state index in [-0.39, 0.29) is 5.91 Å². The zero-order valence-corrected chi connectivity index (χ0v) is 22.1. The second-order valence-electron chi connectivity index (χ2n) is 11.4. The van der Waals surface area contributed by atoms with E-state index < -0.39 is 0 Å². The van der Waals surface area contributed by atoms with Gasteiger partial charge in [0.05, 0.1) is 0 Å². The third-order valence-corrected chi connectivity index (χ3v) is 8.54. The number of piperidine rings is 3. The average molecular weight is 489 g/mol. The molecule has 2 aromatic carbocycles. The van der Waals surface area contributed by atoms with Gasteiger partial charge < -0.3 is 15.1 Å². The van der Waals surface area contributed by atoms with Crippen molar-refractivity contribution >= 4 is 11.6 Å². The highest BCUT2D eigenvalue weighted by atomic mass is 16.2. The normalized spacial score (nSPS) is 24.5. The molecule has 3 aliphatic heterocycles. The highest BCUT2D eigenvalue weighted by Gasteiger charge is 2.36. The molecule has 3 atom stereocenters. The molecule has 5 nitrogen and oxygen atoms in total. The highest BCUT2D eigenvalue weighted by Crippen LogP contribution is 2.31. The molecule has 2 bridgehead atoms. The minimum atomic E-state index is 0.262. The molecule has 5 heteroatoms. The molecule has 3 saturated heterocycles. The van der Waals surface area contributed by atoms with E-state index >= 15 is 0 Å². The SMILES string of the molecule is CN(Cc1ccc(N2CCCCC2)cc1)C(=O)CCC[C@H]1NCC2CC1CN(Cc1ccccc1)C2. The third kappa shape index (κ3) is 6.68. The summed E-state index contributed by atoms with van der Waals surface area (Å²) in [5.41, 5.74) is 3.95. The molecule has 1 amide bonds. The first-order valence-electron chi connectivity index (χ1n) is 14.2. The Bertz CT molecular complexity index is 956. The maximum atomic E-state index is 12.9. The van der Waals surface area contributed by atoms with E-state index in [1.165, 1.54) is 68.7 Å². The van der Waals surface area contributed by atoms with Crippen molar-refractivity contribution in [2.45, 2.75) is 64.1 Å². The predicted octanol–water partition coefficient (Wildman–Crippen LogP) is 4.92. The van der Waals surface area contributed by atoms with Gasteiger partial charge in [-0.15, -0.1) is 0 Å². The van der Waals surface area contributed by atoms with Crippen molar-refractivity contribution in [3.63, 3.8) is 0 Å². The van der Waals surface area contributed by atoms with Gasteiger partial charge in [-0.05, 0) is 80.2 Å². The van der Waals surface area contributed by atoms with Crippen LogP contribution >= 0.6 is 0 Å². The lowest BCUT2D eigenvalue weighted by Gasteiger charge is -2.46. The van der Waals surface area contributed by atoms with E-state index in [2.05, 4.69) is 69.7 Å². The maximum Gasteiger partial charge on any atom is 0.222 e. The van der Waals surface area contributed by atoms with Gasteiger partial charge in [0, 0.05) is 64.5 Å². The lowest BCUT2D eigenvalue weighted by Crippen LogP contribution is -2.55. The standard InChI is InChI=1S/C31H44N4O/c1-33(21-26-13-15-29(16-14-26)35-17-6-3-7-18-35)31(36)12-8-11-30-28-19-27(20-32-30)23-34(24-28)22-25-9-4-2-5-10-25/h2,4-5,9-10,13-16,27-28,30,32H,3,6-8,11-12,17-24H2,1H3/t27?,28?,30-/m1/s1. The summed E-state index contributed by atoms with van der Waals surface area (Å²) in [5.74, 6) is 1.73. The van der Waals surface area contributed by atoms with Gasteiger partial charge in [0.2, 0.25) is 5.91 Å². The van der Waals surface area contributed by atoms with Gasteiger partial charge in [-0.3, -0.25) is 9.69 Å². The number of carbonyl (C=O) groups excluding carboxylic acids is 1. The molecule has 2 unspecified atom stereocenters. The van der Waals surface area contributed by atoms with Crippen LogP contribution in [-0.2, 0) is 17.9 Å². The van der Waals surface area contributed by atoms with E-state index in [1.54, 1.807) is 0 Å². The average Bonchev–Trinajstić information content (AvgIpc) is 2.91. The van der Waals surface area contributed by atoms with Gasteiger partial charge in [0.25, 0.3) is 0 Å². The van der Waals surface area contributed by atoms with Crippen LogP contribution in [0.3, 0.4) is 0 Å². The van der Waals surface area contributed by atoms with Crippen molar-refractivity contribution in [1.82, 2.24) is 15.1 Å². The van der Waals surface area contributed by atoms with E-state index in [4.69, 9.17) is 0 Å². The molecular weight excluding hydrogens is 444 g/mol. The van der Waals surface area contributed by atoms with Crippen LogP contribution in [0.25, 0.3) is 0 Å². The Hall–Kier alpha value is -2.37. The fourth-order valence-corrected chi connectivity index (χ4v) is 6.57. The van der Waals surface area contributed by atoms with Crippen molar-refractivity contribution < 1.29 is 4.79 Å². The number of rotatable bonds is 9. The Kier molecular flexibility index (Phi) is 8.60. The fourth-order valence-electron chi connectivity index (χ4n) is 6.57. The highest BCUT2D eigenvalue weighted by molar-refractivity contribution is 5.75. The smallest absolute Gasteiger partial charge is 0.222 e. The van der Waals surface area contributed by atoms with Crippen molar-refractivity contribution in [3.8, 4) is 0 Å². The number of hydrogen-bond acceptors (Lipinski definition) is 4.